The molecule has 0 heterocycles. The van der Waals surface area contributed by atoms with Gasteiger partial charge in [-0.2, -0.15) is 0 Å². The lowest BCUT2D eigenvalue weighted by molar-refractivity contribution is 0.0980. The lowest BCUT2D eigenvalue weighted by Gasteiger charge is -2.01. The summed E-state index contributed by atoms with van der Waals surface area (Å²) in [5.41, 5.74) is 0.00718. The molecule has 0 fully saturated rings. The smallest absolute Gasteiger partial charge is 0.166 e. The molecule has 1 aromatic carbocycles. The first-order valence-electron chi connectivity index (χ1n) is 4.07. The molecule has 0 aliphatic carbocycles. The maximum atomic E-state index is 13.3. The van der Waals surface area contributed by atoms with Crippen molar-refractivity contribution in [2.24, 2.45) is 0 Å². The van der Waals surface area contributed by atoms with E-state index in [-0.39, 0.29) is 22.8 Å². The van der Waals surface area contributed by atoms with Crippen molar-refractivity contribution in [2.45, 2.75) is 12.8 Å². The Balaban J connectivity index is 2.91. The van der Waals surface area contributed by atoms with Crippen molar-refractivity contribution in [2.75, 3.05) is 0 Å². The number of Topliss-reactive ketones (excluding diaryl/α,β-unsaturated/α-hetero) is 1. The third-order valence-corrected chi connectivity index (χ3v) is 2.04. The van der Waals surface area contributed by atoms with Crippen LogP contribution in [0, 0.1) is 18.2 Å². The van der Waals surface area contributed by atoms with Gasteiger partial charge >= 0.3 is 0 Å². The van der Waals surface area contributed by atoms with Crippen LogP contribution in [-0.2, 0) is 0 Å². The minimum absolute atomic E-state index is 0.00718. The molecule has 0 amide bonds. The number of halogens is 2. The zero-order valence-electron chi connectivity index (χ0n) is 7.39. The van der Waals surface area contributed by atoms with Crippen molar-refractivity contribution in [3.05, 3.63) is 34.6 Å². The van der Waals surface area contributed by atoms with E-state index in [1.54, 1.807) is 0 Å². The molecule has 3 heteroatoms. The number of rotatable bonds is 3. The van der Waals surface area contributed by atoms with Crippen LogP contribution in [0.5, 0.6) is 0 Å². The molecule has 0 saturated carbocycles. The predicted molar refractivity (Wildman–Crippen MR) is 53.8 cm³/mol. The molecule has 14 heavy (non-hydrogen) atoms. The fourth-order valence-corrected chi connectivity index (χ4v) is 1.21. The lowest BCUT2D eigenvalue weighted by atomic mass is 10.1. The zero-order chi connectivity index (χ0) is 10.6. The molecule has 1 aromatic rings. The average molecular weight is 211 g/mol. The summed E-state index contributed by atoms with van der Waals surface area (Å²) in [4.78, 5) is 11.4. The molecule has 0 saturated heterocycles. The maximum absolute atomic E-state index is 13.3. The number of hydrogen-bond donors (Lipinski definition) is 0. The van der Waals surface area contributed by atoms with Crippen molar-refractivity contribution in [1.29, 1.82) is 0 Å². The summed E-state index contributed by atoms with van der Waals surface area (Å²) in [6, 6.07) is 4.34. The fraction of sp³-hybridized carbons (Fsp3) is 0.182. The Labute approximate surface area is 86.9 Å². The molecule has 0 bridgehead atoms. The second-order valence-electron chi connectivity index (χ2n) is 2.73. The Hall–Kier alpha value is -1.33. The van der Waals surface area contributed by atoms with Gasteiger partial charge in [-0.25, -0.2) is 4.39 Å². The van der Waals surface area contributed by atoms with Crippen molar-refractivity contribution < 1.29 is 9.18 Å². The normalized spacial score (nSPS) is 9.50. The van der Waals surface area contributed by atoms with Gasteiger partial charge in [-0.3, -0.25) is 4.79 Å². The first kappa shape index (κ1) is 10.7. The Morgan fingerprint density at radius 1 is 1.57 bits per heavy atom. The van der Waals surface area contributed by atoms with Gasteiger partial charge in [0.05, 0.1) is 10.6 Å². The van der Waals surface area contributed by atoms with Crippen LogP contribution < -0.4 is 0 Å². The molecular weight excluding hydrogens is 203 g/mol. The molecule has 0 atom stereocenters. The van der Waals surface area contributed by atoms with Crippen LogP contribution in [0.25, 0.3) is 0 Å². The highest BCUT2D eigenvalue weighted by Crippen LogP contribution is 2.19. The molecule has 1 rings (SSSR count). The van der Waals surface area contributed by atoms with Gasteiger partial charge in [0.25, 0.3) is 0 Å². The van der Waals surface area contributed by atoms with Gasteiger partial charge in [-0.05, 0) is 12.1 Å². The van der Waals surface area contributed by atoms with Gasteiger partial charge in [0.15, 0.2) is 11.6 Å². The second kappa shape index (κ2) is 4.78. The number of benzene rings is 1. The van der Waals surface area contributed by atoms with E-state index >= 15 is 0 Å². The Morgan fingerprint density at radius 3 is 2.93 bits per heavy atom. The van der Waals surface area contributed by atoms with Crippen molar-refractivity contribution in [1.82, 2.24) is 0 Å². The van der Waals surface area contributed by atoms with Gasteiger partial charge in [-0.15, -0.1) is 12.3 Å². The highest BCUT2D eigenvalue weighted by molar-refractivity contribution is 6.31. The first-order valence-corrected chi connectivity index (χ1v) is 4.45. The molecule has 0 unspecified atom stereocenters. The van der Waals surface area contributed by atoms with E-state index in [2.05, 4.69) is 5.92 Å². The molecule has 0 N–H and O–H groups in total. The average Bonchev–Trinajstić information content (AvgIpc) is 2.18. The van der Waals surface area contributed by atoms with Gasteiger partial charge in [0.2, 0.25) is 0 Å². The minimum Gasteiger partial charge on any atom is -0.294 e. The van der Waals surface area contributed by atoms with Crippen LogP contribution in [0.4, 0.5) is 4.39 Å². The number of hydrogen-bond acceptors (Lipinski definition) is 1. The monoisotopic (exact) mass is 210 g/mol. The molecule has 0 aliphatic heterocycles. The van der Waals surface area contributed by atoms with E-state index in [1.165, 1.54) is 18.2 Å². The van der Waals surface area contributed by atoms with Crippen LogP contribution in [0.3, 0.4) is 0 Å². The van der Waals surface area contributed by atoms with E-state index in [0.29, 0.717) is 6.42 Å². The van der Waals surface area contributed by atoms with Gasteiger partial charge in [-0.1, -0.05) is 17.7 Å². The molecule has 0 radical (unpaired) electrons. The van der Waals surface area contributed by atoms with E-state index in [0.717, 1.165) is 0 Å². The highest BCUT2D eigenvalue weighted by Gasteiger charge is 2.12. The predicted octanol–water partition coefficient (Wildman–Crippen LogP) is 3.08. The SMILES string of the molecule is C#CCCC(=O)c1cccc(Cl)c1F. The summed E-state index contributed by atoms with van der Waals surface area (Å²) >= 11 is 5.52. The van der Waals surface area contributed by atoms with Crippen molar-refractivity contribution >= 4 is 17.4 Å². The number of carbonyl (C=O) groups excluding carboxylic acids is 1. The van der Waals surface area contributed by atoms with Crippen LogP contribution >= 0.6 is 11.6 Å². The van der Waals surface area contributed by atoms with E-state index in [1.807, 2.05) is 0 Å². The number of terminal acetylenes is 1. The maximum Gasteiger partial charge on any atom is 0.166 e. The van der Waals surface area contributed by atoms with Gasteiger partial charge < -0.3 is 0 Å². The lowest BCUT2D eigenvalue weighted by Crippen LogP contribution is -2.02. The third-order valence-electron chi connectivity index (χ3n) is 1.75. The van der Waals surface area contributed by atoms with Gasteiger partial charge in [0, 0.05) is 12.8 Å². The summed E-state index contributed by atoms with van der Waals surface area (Å²) in [6.07, 6.45) is 5.46. The summed E-state index contributed by atoms with van der Waals surface area (Å²) in [5, 5.41) is -0.0449. The molecule has 0 spiro atoms. The molecule has 72 valence electrons. The molecule has 0 aliphatic rings. The van der Waals surface area contributed by atoms with Gasteiger partial charge in [0.1, 0.15) is 0 Å². The molecular formula is C11H8ClFO. The van der Waals surface area contributed by atoms with Crippen molar-refractivity contribution in [3.8, 4) is 12.3 Å². The number of ketones is 1. The minimum atomic E-state index is -0.670. The van der Waals surface area contributed by atoms with Crippen molar-refractivity contribution in [3.63, 3.8) is 0 Å². The third kappa shape index (κ3) is 2.34. The zero-order valence-corrected chi connectivity index (χ0v) is 8.14. The van der Waals surface area contributed by atoms with Crippen LogP contribution in [0.1, 0.15) is 23.2 Å². The first-order chi connectivity index (χ1) is 6.66. The molecule has 0 aromatic heterocycles. The summed E-state index contributed by atoms with van der Waals surface area (Å²) in [6.45, 7) is 0. The fourth-order valence-electron chi connectivity index (χ4n) is 1.04. The second-order valence-corrected chi connectivity index (χ2v) is 3.14. The topological polar surface area (TPSA) is 17.1 Å². The largest absolute Gasteiger partial charge is 0.294 e. The Bertz CT molecular complexity index is 393. The standard InChI is InChI=1S/C11H8ClFO/c1-2-3-7-10(14)8-5-4-6-9(12)11(8)13/h1,4-6H,3,7H2. The Kier molecular flexibility index (Phi) is 3.67. The van der Waals surface area contributed by atoms with Crippen LogP contribution in [-0.4, -0.2) is 5.78 Å². The summed E-state index contributed by atoms with van der Waals surface area (Å²) < 4.78 is 13.3. The quantitative estimate of drug-likeness (QED) is 0.554. The highest BCUT2D eigenvalue weighted by atomic mass is 35.5. The van der Waals surface area contributed by atoms with Crippen LogP contribution in [0.2, 0.25) is 5.02 Å². The number of carbonyl (C=O) groups is 1. The van der Waals surface area contributed by atoms with E-state index < -0.39 is 5.82 Å². The Morgan fingerprint density at radius 2 is 2.29 bits per heavy atom. The van der Waals surface area contributed by atoms with E-state index in [4.69, 9.17) is 18.0 Å². The summed E-state index contributed by atoms with van der Waals surface area (Å²) in [7, 11) is 0. The molecule has 1 nitrogen and oxygen atoms in total. The van der Waals surface area contributed by atoms with Crippen LogP contribution in [0.15, 0.2) is 18.2 Å². The van der Waals surface area contributed by atoms with E-state index in [9.17, 15) is 9.18 Å². The summed E-state index contributed by atoms with van der Waals surface area (Å²) in [5.74, 6) is 1.34.